The predicted octanol–water partition coefficient (Wildman–Crippen LogP) is 1.62. The number of hydrogen-bond acceptors (Lipinski definition) is 5. The number of aliphatic hydroxyl groups is 1. The molecule has 0 heterocycles. The van der Waals surface area contributed by atoms with Crippen LogP contribution in [-0.2, 0) is 4.79 Å². The SMILES string of the molecule is CC(C)C[C@H](NC(=O)[C@@H](NC(=O)c1ccc2cc(Br)ccc2c1)[C@@H](C)O)B(O)O. The van der Waals surface area contributed by atoms with Crippen molar-refractivity contribution < 1.29 is 24.7 Å². The van der Waals surface area contributed by atoms with Crippen molar-refractivity contribution >= 4 is 45.6 Å². The molecule has 0 spiro atoms. The Hall–Kier alpha value is -1.94. The summed E-state index contributed by atoms with van der Waals surface area (Å²) in [5.41, 5.74) is 0.346. The van der Waals surface area contributed by atoms with Gasteiger partial charge in [-0.2, -0.15) is 0 Å². The molecule has 2 aromatic rings. The maximum Gasteiger partial charge on any atom is 0.475 e. The fourth-order valence-electron chi connectivity index (χ4n) is 3.02. The third-order valence-electron chi connectivity index (χ3n) is 4.53. The third-order valence-corrected chi connectivity index (χ3v) is 5.02. The fraction of sp³-hybridized carbons (Fsp3) is 0.400. The zero-order chi connectivity index (χ0) is 21.7. The van der Waals surface area contributed by atoms with Crippen molar-refractivity contribution in [3.8, 4) is 0 Å². The first-order valence-electron chi connectivity index (χ1n) is 9.43. The summed E-state index contributed by atoms with van der Waals surface area (Å²) in [7, 11) is -1.74. The highest BCUT2D eigenvalue weighted by atomic mass is 79.9. The molecule has 0 aromatic heterocycles. The van der Waals surface area contributed by atoms with Crippen LogP contribution in [0.3, 0.4) is 0 Å². The van der Waals surface area contributed by atoms with Gasteiger partial charge in [-0.3, -0.25) is 9.59 Å². The molecule has 0 aliphatic heterocycles. The van der Waals surface area contributed by atoms with Crippen LogP contribution < -0.4 is 10.6 Å². The van der Waals surface area contributed by atoms with E-state index in [1.807, 2.05) is 32.0 Å². The summed E-state index contributed by atoms with van der Waals surface area (Å²) in [6.45, 7) is 5.15. The molecule has 0 bridgehead atoms. The summed E-state index contributed by atoms with van der Waals surface area (Å²) in [6, 6.07) is 9.56. The highest BCUT2D eigenvalue weighted by molar-refractivity contribution is 9.10. The van der Waals surface area contributed by atoms with Crippen LogP contribution in [0.2, 0.25) is 0 Å². The van der Waals surface area contributed by atoms with Gasteiger partial charge >= 0.3 is 7.12 Å². The first kappa shape index (κ1) is 23.3. The Morgan fingerprint density at radius 2 is 1.66 bits per heavy atom. The molecule has 0 aliphatic carbocycles. The number of benzene rings is 2. The minimum atomic E-state index is -1.74. The monoisotopic (exact) mass is 464 g/mol. The van der Waals surface area contributed by atoms with E-state index in [9.17, 15) is 24.7 Å². The molecule has 156 valence electrons. The van der Waals surface area contributed by atoms with Crippen LogP contribution in [0.25, 0.3) is 10.8 Å². The second-order valence-corrected chi connectivity index (χ2v) is 8.47. The third kappa shape index (κ3) is 6.53. The summed E-state index contributed by atoms with van der Waals surface area (Å²) in [5, 5.41) is 35.9. The number of halogens is 1. The Morgan fingerprint density at radius 1 is 1.03 bits per heavy atom. The van der Waals surface area contributed by atoms with E-state index in [0.29, 0.717) is 12.0 Å². The molecule has 0 unspecified atom stereocenters. The largest absolute Gasteiger partial charge is 0.475 e. The van der Waals surface area contributed by atoms with Gasteiger partial charge in [-0.25, -0.2) is 0 Å². The van der Waals surface area contributed by atoms with Gasteiger partial charge in [-0.15, -0.1) is 0 Å². The van der Waals surface area contributed by atoms with Gasteiger partial charge in [0.1, 0.15) is 6.04 Å². The number of nitrogens with one attached hydrogen (secondary N) is 2. The molecule has 2 aromatic carbocycles. The number of aliphatic hydroxyl groups excluding tert-OH is 1. The van der Waals surface area contributed by atoms with Crippen molar-refractivity contribution in [2.24, 2.45) is 5.92 Å². The smallest absolute Gasteiger partial charge is 0.426 e. The quantitative estimate of drug-likeness (QED) is 0.380. The minimum Gasteiger partial charge on any atom is -0.426 e. The van der Waals surface area contributed by atoms with Crippen LogP contribution in [0.1, 0.15) is 37.6 Å². The van der Waals surface area contributed by atoms with Gasteiger partial charge in [0.05, 0.1) is 12.0 Å². The van der Waals surface area contributed by atoms with E-state index in [0.717, 1.165) is 15.2 Å². The Bertz CT molecular complexity index is 875. The molecule has 0 aliphatic rings. The zero-order valence-corrected chi connectivity index (χ0v) is 18.2. The lowest BCUT2D eigenvalue weighted by atomic mass is 9.75. The Balaban J connectivity index is 2.15. The molecule has 0 saturated heterocycles. The van der Waals surface area contributed by atoms with Crippen molar-refractivity contribution in [2.45, 2.75) is 45.3 Å². The van der Waals surface area contributed by atoms with Gasteiger partial charge in [0.15, 0.2) is 0 Å². The summed E-state index contributed by atoms with van der Waals surface area (Å²) < 4.78 is 0.926. The van der Waals surface area contributed by atoms with Crippen LogP contribution in [0.15, 0.2) is 40.9 Å². The number of hydrogen-bond donors (Lipinski definition) is 5. The molecule has 9 heteroatoms. The summed E-state index contributed by atoms with van der Waals surface area (Å²) in [6.07, 6.45) is -0.838. The van der Waals surface area contributed by atoms with Crippen LogP contribution >= 0.6 is 15.9 Å². The van der Waals surface area contributed by atoms with E-state index in [1.54, 1.807) is 18.2 Å². The highest BCUT2D eigenvalue weighted by Gasteiger charge is 2.32. The predicted molar refractivity (Wildman–Crippen MR) is 116 cm³/mol. The van der Waals surface area contributed by atoms with E-state index < -0.39 is 37.0 Å². The highest BCUT2D eigenvalue weighted by Crippen LogP contribution is 2.21. The molecule has 0 fully saturated rings. The van der Waals surface area contributed by atoms with Crippen molar-refractivity contribution in [3.05, 3.63) is 46.4 Å². The minimum absolute atomic E-state index is 0.110. The van der Waals surface area contributed by atoms with Crippen molar-refractivity contribution in [1.29, 1.82) is 0 Å². The van der Waals surface area contributed by atoms with Gasteiger partial charge in [-0.05, 0) is 54.3 Å². The molecule has 0 radical (unpaired) electrons. The average Bonchev–Trinajstić information content (AvgIpc) is 2.64. The lowest BCUT2D eigenvalue weighted by molar-refractivity contribution is -0.125. The van der Waals surface area contributed by atoms with Gasteiger partial charge in [-0.1, -0.05) is 41.9 Å². The molecule has 2 rings (SSSR count). The molecule has 3 atom stereocenters. The van der Waals surface area contributed by atoms with Gasteiger partial charge in [0, 0.05) is 10.0 Å². The Kier molecular flexibility index (Phi) is 8.21. The van der Waals surface area contributed by atoms with E-state index >= 15 is 0 Å². The van der Waals surface area contributed by atoms with Crippen molar-refractivity contribution in [1.82, 2.24) is 10.6 Å². The van der Waals surface area contributed by atoms with E-state index in [1.165, 1.54) is 6.92 Å². The zero-order valence-electron chi connectivity index (χ0n) is 16.6. The number of fused-ring (bicyclic) bond motifs is 1. The first-order chi connectivity index (χ1) is 13.6. The van der Waals surface area contributed by atoms with Crippen molar-refractivity contribution in [2.75, 3.05) is 0 Å². The molecule has 7 nitrogen and oxygen atoms in total. The maximum atomic E-state index is 12.7. The first-order valence-corrected chi connectivity index (χ1v) is 10.2. The van der Waals surface area contributed by atoms with Crippen LogP contribution in [0, 0.1) is 5.92 Å². The van der Waals surface area contributed by atoms with Gasteiger partial charge in [0.2, 0.25) is 5.91 Å². The van der Waals surface area contributed by atoms with E-state index in [4.69, 9.17) is 0 Å². The standard InChI is InChI=1S/C20H26BBrN2O5/c1-11(2)8-17(21(28)29)23-20(27)18(12(3)25)24-19(26)15-5-4-14-10-16(22)7-6-13(14)9-15/h4-7,9-12,17-18,25,28-29H,8H2,1-3H3,(H,23,27)(H,24,26)/t12-,17+,18+/m1/s1. The van der Waals surface area contributed by atoms with Crippen molar-refractivity contribution in [3.63, 3.8) is 0 Å². The molecule has 5 N–H and O–H groups in total. The maximum absolute atomic E-state index is 12.7. The normalized spacial score (nSPS) is 14.3. The lowest BCUT2D eigenvalue weighted by Crippen LogP contribution is -2.57. The molecule has 29 heavy (non-hydrogen) atoms. The number of rotatable bonds is 8. The molecule has 0 saturated carbocycles. The lowest BCUT2D eigenvalue weighted by Gasteiger charge is -2.25. The average molecular weight is 465 g/mol. The topological polar surface area (TPSA) is 119 Å². The fourth-order valence-corrected chi connectivity index (χ4v) is 3.40. The molecular formula is C20H26BBrN2O5. The van der Waals surface area contributed by atoms with Crippen LogP contribution in [0.4, 0.5) is 0 Å². The second kappa shape index (κ2) is 10.2. The summed E-state index contributed by atoms with van der Waals surface area (Å²) >= 11 is 3.40. The van der Waals surface area contributed by atoms with E-state index in [2.05, 4.69) is 26.6 Å². The van der Waals surface area contributed by atoms with Crippen LogP contribution in [-0.4, -0.2) is 52.2 Å². The number of carbonyl (C=O) groups excluding carboxylic acids is 2. The Morgan fingerprint density at radius 3 is 2.24 bits per heavy atom. The van der Waals surface area contributed by atoms with Crippen LogP contribution in [0.5, 0.6) is 0 Å². The molecular weight excluding hydrogens is 439 g/mol. The number of carbonyl (C=O) groups is 2. The second-order valence-electron chi connectivity index (χ2n) is 7.56. The van der Waals surface area contributed by atoms with E-state index in [-0.39, 0.29) is 5.92 Å². The number of amides is 2. The summed E-state index contributed by atoms with van der Waals surface area (Å²) in [4.78, 5) is 25.2. The van der Waals surface area contributed by atoms with Gasteiger partial charge in [0.25, 0.3) is 5.91 Å². The van der Waals surface area contributed by atoms with Gasteiger partial charge < -0.3 is 25.8 Å². The summed E-state index contributed by atoms with van der Waals surface area (Å²) in [5.74, 6) is -1.99. The Labute approximate surface area is 178 Å². The molecule has 2 amide bonds.